The number of halogens is 1. The molecule has 1 aromatic rings. The normalized spacial score (nSPS) is 16.2. The lowest BCUT2D eigenvalue weighted by molar-refractivity contribution is 0.243. The third-order valence-corrected chi connectivity index (χ3v) is 4.66. The molecule has 0 saturated carbocycles. The van der Waals surface area contributed by atoms with Crippen molar-refractivity contribution in [2.75, 3.05) is 46.9 Å². The number of hydrogen-bond donors (Lipinski definition) is 1. The minimum Gasteiger partial charge on any atom is -0.493 e. The number of nitrogens with one attached hydrogen (secondary N) is 1. The number of ether oxygens (including phenoxy) is 2. The van der Waals surface area contributed by atoms with Crippen LogP contribution < -0.4 is 14.8 Å². The molecular formula is C15H23BrN2O2. The summed E-state index contributed by atoms with van der Waals surface area (Å²) in [6.45, 7) is 7.64. The average Bonchev–Trinajstić information content (AvgIpc) is 2.47. The Morgan fingerprint density at radius 2 is 1.95 bits per heavy atom. The fourth-order valence-electron chi connectivity index (χ4n) is 2.62. The fraction of sp³-hybridized carbons (Fsp3) is 0.600. The molecule has 0 bridgehead atoms. The Labute approximate surface area is 129 Å². The van der Waals surface area contributed by atoms with E-state index >= 15 is 0 Å². The Morgan fingerprint density at radius 3 is 2.55 bits per heavy atom. The number of nitrogens with zero attached hydrogens (tertiary/aromatic N) is 1. The van der Waals surface area contributed by atoms with Crippen LogP contribution in [0.2, 0.25) is 0 Å². The molecule has 0 aliphatic carbocycles. The molecule has 4 nitrogen and oxygen atoms in total. The second-order valence-electron chi connectivity index (χ2n) is 5.06. The summed E-state index contributed by atoms with van der Waals surface area (Å²) in [5, 5.41) is 3.38. The minimum absolute atomic E-state index is 0.780. The third-order valence-electron chi connectivity index (χ3n) is 3.82. The van der Waals surface area contributed by atoms with E-state index in [4.69, 9.17) is 9.47 Å². The van der Waals surface area contributed by atoms with Crippen LogP contribution in [0.4, 0.5) is 0 Å². The van der Waals surface area contributed by atoms with Crippen molar-refractivity contribution in [3.63, 3.8) is 0 Å². The first-order chi connectivity index (χ1) is 9.67. The molecule has 1 aromatic carbocycles. The second kappa shape index (κ2) is 7.29. The second-order valence-corrected chi connectivity index (χ2v) is 5.86. The van der Waals surface area contributed by atoms with Gasteiger partial charge in [-0.3, -0.25) is 0 Å². The van der Waals surface area contributed by atoms with E-state index < -0.39 is 0 Å². The van der Waals surface area contributed by atoms with Crippen LogP contribution in [0.25, 0.3) is 0 Å². The summed E-state index contributed by atoms with van der Waals surface area (Å²) in [6, 6.07) is 2.05. The maximum Gasteiger partial charge on any atom is 0.175 e. The van der Waals surface area contributed by atoms with Crippen molar-refractivity contribution in [2.24, 2.45) is 0 Å². The first kappa shape index (κ1) is 15.6. The van der Waals surface area contributed by atoms with Gasteiger partial charge in [-0.05, 0) is 46.5 Å². The number of methoxy groups -OCH3 is 2. The molecular weight excluding hydrogens is 320 g/mol. The van der Waals surface area contributed by atoms with Gasteiger partial charge in [0.25, 0.3) is 0 Å². The Balaban J connectivity index is 2.14. The Bertz CT molecular complexity index is 460. The van der Waals surface area contributed by atoms with Gasteiger partial charge in [0, 0.05) is 32.7 Å². The van der Waals surface area contributed by atoms with E-state index in [0.717, 1.165) is 55.1 Å². The van der Waals surface area contributed by atoms with Crippen molar-refractivity contribution >= 4 is 15.9 Å². The molecule has 0 aromatic heterocycles. The Kier molecular flexibility index (Phi) is 5.69. The Hall–Kier alpha value is -0.780. The highest BCUT2D eigenvalue weighted by atomic mass is 79.9. The van der Waals surface area contributed by atoms with Gasteiger partial charge in [-0.2, -0.15) is 0 Å². The van der Waals surface area contributed by atoms with E-state index in [-0.39, 0.29) is 0 Å². The summed E-state index contributed by atoms with van der Waals surface area (Å²) in [5.41, 5.74) is 2.55. The Morgan fingerprint density at radius 1 is 1.25 bits per heavy atom. The van der Waals surface area contributed by atoms with E-state index in [1.54, 1.807) is 14.2 Å². The number of aryl methyl sites for hydroxylation is 1. The van der Waals surface area contributed by atoms with Crippen molar-refractivity contribution < 1.29 is 9.47 Å². The predicted octanol–water partition coefficient (Wildman–Crippen LogP) is 2.22. The summed E-state index contributed by atoms with van der Waals surface area (Å²) in [5.74, 6) is 1.57. The number of benzene rings is 1. The minimum atomic E-state index is 0.780. The maximum absolute atomic E-state index is 5.46. The van der Waals surface area contributed by atoms with Gasteiger partial charge < -0.3 is 19.7 Å². The molecule has 2 rings (SSSR count). The lowest BCUT2D eigenvalue weighted by Crippen LogP contribution is -2.44. The van der Waals surface area contributed by atoms with Crippen LogP contribution in [0.1, 0.15) is 11.1 Å². The van der Waals surface area contributed by atoms with E-state index in [1.165, 1.54) is 11.1 Å². The van der Waals surface area contributed by atoms with Crippen LogP contribution in [0.5, 0.6) is 11.5 Å². The van der Waals surface area contributed by atoms with E-state index in [9.17, 15) is 0 Å². The molecule has 20 heavy (non-hydrogen) atoms. The van der Waals surface area contributed by atoms with Gasteiger partial charge in [0.05, 0.1) is 18.7 Å². The zero-order chi connectivity index (χ0) is 14.5. The van der Waals surface area contributed by atoms with Crippen LogP contribution in [0.3, 0.4) is 0 Å². The molecule has 1 aliphatic heterocycles. The highest BCUT2D eigenvalue weighted by molar-refractivity contribution is 9.10. The topological polar surface area (TPSA) is 33.7 Å². The lowest BCUT2D eigenvalue weighted by atomic mass is 10.0. The van der Waals surface area contributed by atoms with Crippen molar-refractivity contribution in [1.29, 1.82) is 0 Å². The van der Waals surface area contributed by atoms with Crippen molar-refractivity contribution in [2.45, 2.75) is 13.3 Å². The highest BCUT2D eigenvalue weighted by Crippen LogP contribution is 2.39. The van der Waals surface area contributed by atoms with E-state index in [0.29, 0.717) is 0 Å². The number of hydrogen-bond acceptors (Lipinski definition) is 4. The molecule has 112 valence electrons. The highest BCUT2D eigenvalue weighted by Gasteiger charge is 2.17. The van der Waals surface area contributed by atoms with Gasteiger partial charge in [-0.1, -0.05) is 0 Å². The smallest absolute Gasteiger partial charge is 0.175 e. The fourth-order valence-corrected chi connectivity index (χ4v) is 3.49. The standard InChI is InChI=1S/C15H23BrN2O2/c1-11-10-13(19-2)15(20-3)14(16)12(11)4-7-18-8-5-17-6-9-18/h10,17H,4-9H2,1-3H3. The van der Waals surface area contributed by atoms with Crippen molar-refractivity contribution in [3.05, 3.63) is 21.7 Å². The molecule has 0 amide bonds. The summed E-state index contributed by atoms with van der Waals surface area (Å²) in [6.07, 6.45) is 1.02. The van der Waals surface area contributed by atoms with Gasteiger partial charge >= 0.3 is 0 Å². The third kappa shape index (κ3) is 3.45. The zero-order valence-corrected chi connectivity index (χ0v) is 14.0. The molecule has 1 heterocycles. The van der Waals surface area contributed by atoms with Gasteiger partial charge in [-0.15, -0.1) is 0 Å². The predicted molar refractivity (Wildman–Crippen MR) is 85.0 cm³/mol. The molecule has 0 spiro atoms. The summed E-state index contributed by atoms with van der Waals surface area (Å²) >= 11 is 3.67. The molecule has 1 saturated heterocycles. The first-order valence-corrected chi connectivity index (χ1v) is 7.79. The van der Waals surface area contributed by atoms with Crippen LogP contribution in [-0.4, -0.2) is 51.8 Å². The molecule has 5 heteroatoms. The largest absolute Gasteiger partial charge is 0.493 e. The average molecular weight is 343 g/mol. The SMILES string of the molecule is COc1cc(C)c(CCN2CCNCC2)c(Br)c1OC. The molecule has 0 unspecified atom stereocenters. The summed E-state index contributed by atoms with van der Waals surface area (Å²) in [7, 11) is 3.35. The maximum atomic E-state index is 5.46. The monoisotopic (exact) mass is 342 g/mol. The first-order valence-electron chi connectivity index (χ1n) is 7.00. The van der Waals surface area contributed by atoms with E-state index in [2.05, 4.69) is 39.1 Å². The summed E-state index contributed by atoms with van der Waals surface area (Å²) in [4.78, 5) is 2.50. The molecule has 0 radical (unpaired) electrons. The van der Waals surface area contributed by atoms with Gasteiger partial charge in [0.1, 0.15) is 0 Å². The molecule has 1 aliphatic rings. The number of piperazine rings is 1. The van der Waals surface area contributed by atoms with Crippen LogP contribution in [0.15, 0.2) is 10.5 Å². The van der Waals surface area contributed by atoms with E-state index in [1.807, 2.05) is 0 Å². The molecule has 1 fully saturated rings. The molecule has 1 N–H and O–H groups in total. The quantitative estimate of drug-likeness (QED) is 0.889. The molecule has 0 atom stereocenters. The van der Waals surface area contributed by atoms with Crippen molar-refractivity contribution in [3.8, 4) is 11.5 Å². The van der Waals surface area contributed by atoms with Crippen LogP contribution >= 0.6 is 15.9 Å². The van der Waals surface area contributed by atoms with Crippen LogP contribution in [0, 0.1) is 6.92 Å². The zero-order valence-electron chi connectivity index (χ0n) is 12.5. The van der Waals surface area contributed by atoms with Gasteiger partial charge in [0.15, 0.2) is 11.5 Å². The van der Waals surface area contributed by atoms with Gasteiger partial charge in [0.2, 0.25) is 0 Å². The summed E-state index contributed by atoms with van der Waals surface area (Å²) < 4.78 is 11.9. The lowest BCUT2D eigenvalue weighted by Gasteiger charge is -2.27. The van der Waals surface area contributed by atoms with Crippen molar-refractivity contribution in [1.82, 2.24) is 10.2 Å². The van der Waals surface area contributed by atoms with Gasteiger partial charge in [-0.25, -0.2) is 0 Å². The van der Waals surface area contributed by atoms with Crippen LogP contribution in [-0.2, 0) is 6.42 Å². The number of rotatable bonds is 5.